The van der Waals surface area contributed by atoms with E-state index in [0.717, 1.165) is 17.1 Å². The third kappa shape index (κ3) is 2.89. The van der Waals surface area contributed by atoms with E-state index < -0.39 is 20.2 Å². The number of rotatable bonds is 4. The second-order valence-electron chi connectivity index (χ2n) is 4.01. The van der Waals surface area contributed by atoms with E-state index in [1.807, 2.05) is 0 Å². The highest BCUT2D eigenvalue weighted by Gasteiger charge is 2.30. The molecule has 2 rings (SSSR count). The largest absolute Gasteiger partial charge is 0.292 e. The van der Waals surface area contributed by atoms with E-state index >= 15 is 0 Å². The third-order valence-corrected chi connectivity index (χ3v) is 6.33. The minimum Gasteiger partial charge on any atom is -0.206 e. The van der Waals surface area contributed by atoms with Crippen LogP contribution in [0, 0.1) is 0 Å². The fraction of sp³-hybridized carbons (Fsp3) is 0.400. The Hall–Kier alpha value is -0.960. The van der Waals surface area contributed by atoms with E-state index in [1.165, 1.54) is 24.3 Å². The number of sulfonamides is 1. The van der Waals surface area contributed by atoms with Gasteiger partial charge in [0.15, 0.2) is 0 Å². The van der Waals surface area contributed by atoms with Gasteiger partial charge in [0, 0.05) is 13.1 Å². The zero-order valence-corrected chi connectivity index (χ0v) is 11.2. The lowest BCUT2D eigenvalue weighted by Gasteiger charge is -2.15. The Morgan fingerprint density at radius 2 is 1.50 bits per heavy atom. The minimum absolute atomic E-state index is 0.0622. The Morgan fingerprint density at radius 3 is 2.06 bits per heavy atom. The summed E-state index contributed by atoms with van der Waals surface area (Å²) in [6, 6.07) is 7.44. The van der Waals surface area contributed by atoms with Crippen molar-refractivity contribution in [2.24, 2.45) is 0 Å². The maximum absolute atomic E-state index is 11.9. The van der Waals surface area contributed by atoms with E-state index in [1.54, 1.807) is 10.2 Å². The van der Waals surface area contributed by atoms with E-state index in [2.05, 4.69) is 0 Å². The third-order valence-electron chi connectivity index (χ3n) is 2.67. The van der Waals surface area contributed by atoms with Gasteiger partial charge in [-0.25, -0.2) is 8.42 Å². The Kier molecular flexibility index (Phi) is 3.71. The first kappa shape index (κ1) is 13.5. The van der Waals surface area contributed by atoms with E-state index in [-0.39, 0.29) is 4.90 Å². The molecule has 0 aromatic heterocycles. The molecule has 1 aliphatic heterocycles. The van der Waals surface area contributed by atoms with E-state index in [9.17, 15) is 16.8 Å². The zero-order valence-electron chi connectivity index (χ0n) is 9.61. The number of nitrogens with one attached hydrogen (secondary N) is 1. The zero-order chi connectivity index (χ0) is 13.2. The van der Waals surface area contributed by atoms with Gasteiger partial charge in [-0.15, -0.1) is 0 Å². The van der Waals surface area contributed by atoms with Crippen LogP contribution in [0.5, 0.6) is 0 Å². The molecular formula is C10H14N2O4S2. The maximum atomic E-state index is 11.9. The number of nitrogens with zero attached hydrogens (tertiary/aromatic N) is 1. The molecule has 18 heavy (non-hydrogen) atoms. The molecule has 1 aliphatic rings. The first-order valence-corrected chi connectivity index (χ1v) is 8.43. The smallest absolute Gasteiger partial charge is 0.206 e. The summed E-state index contributed by atoms with van der Waals surface area (Å²) in [5, 5.41) is 0. The Balaban J connectivity index is 2.23. The van der Waals surface area contributed by atoms with Gasteiger partial charge in [0.25, 0.3) is 20.2 Å². The molecule has 0 bridgehead atoms. The number of hydrogen-bond acceptors (Lipinski definition) is 4. The monoisotopic (exact) mass is 290 g/mol. The minimum atomic E-state index is -4.04. The van der Waals surface area contributed by atoms with Gasteiger partial charge >= 0.3 is 0 Å². The molecule has 0 amide bonds. The average molecular weight is 290 g/mol. The molecule has 6 nitrogen and oxygen atoms in total. The second kappa shape index (κ2) is 4.96. The van der Waals surface area contributed by atoms with Crippen LogP contribution in [0.3, 0.4) is 0 Å². The molecule has 0 saturated carbocycles. The Labute approximate surface area is 107 Å². The summed E-state index contributed by atoms with van der Waals surface area (Å²) in [6.45, 7) is 0.722. The number of benzene rings is 1. The predicted octanol–water partition coefficient (Wildman–Crippen LogP) is 0.305. The number of hydrogen-bond donors (Lipinski definition) is 1. The average Bonchev–Trinajstić information content (AvgIpc) is 2.83. The van der Waals surface area contributed by atoms with Crippen molar-refractivity contribution in [1.82, 2.24) is 8.43 Å². The van der Waals surface area contributed by atoms with Crippen LogP contribution in [0.15, 0.2) is 35.2 Å². The molecule has 1 heterocycles. The van der Waals surface area contributed by atoms with Crippen molar-refractivity contribution in [2.75, 3.05) is 13.1 Å². The first-order chi connectivity index (χ1) is 8.42. The van der Waals surface area contributed by atoms with Crippen LogP contribution in [0.4, 0.5) is 0 Å². The highest BCUT2D eigenvalue weighted by atomic mass is 32.3. The molecule has 1 fully saturated rings. The van der Waals surface area contributed by atoms with Crippen LogP contribution < -0.4 is 4.13 Å². The molecule has 0 unspecified atom stereocenters. The van der Waals surface area contributed by atoms with Gasteiger partial charge in [-0.3, -0.25) is 0 Å². The van der Waals surface area contributed by atoms with Crippen LogP contribution in [0.1, 0.15) is 12.8 Å². The first-order valence-electron chi connectivity index (χ1n) is 5.50. The summed E-state index contributed by atoms with van der Waals surface area (Å²) < 4.78 is 50.4. The van der Waals surface area contributed by atoms with Crippen LogP contribution in [0.25, 0.3) is 0 Å². The van der Waals surface area contributed by atoms with Crippen LogP contribution in [-0.4, -0.2) is 34.2 Å². The molecule has 1 N–H and O–H groups in total. The quantitative estimate of drug-likeness (QED) is 0.865. The summed E-state index contributed by atoms with van der Waals surface area (Å²) in [5.74, 6) is 0. The van der Waals surface area contributed by atoms with Gasteiger partial charge < -0.3 is 0 Å². The Bertz CT molecular complexity index is 605. The Morgan fingerprint density at radius 1 is 0.944 bits per heavy atom. The standard InChI is InChI=1S/C10H14N2O4S2/c13-17(14,10-6-2-1-3-7-10)11-18(15,16)12-8-4-5-9-12/h1-3,6-7,11H,4-5,8-9H2. The molecule has 1 saturated heterocycles. The van der Waals surface area contributed by atoms with Crippen molar-refractivity contribution >= 4 is 20.2 Å². The van der Waals surface area contributed by atoms with Gasteiger partial charge in [-0.05, 0) is 25.0 Å². The summed E-state index contributed by atoms with van der Waals surface area (Å²) in [5.41, 5.74) is 0. The van der Waals surface area contributed by atoms with E-state index in [4.69, 9.17) is 0 Å². The van der Waals surface area contributed by atoms with Gasteiger partial charge in [0.1, 0.15) is 0 Å². The summed E-state index contributed by atoms with van der Waals surface area (Å²) in [7, 11) is -8.01. The van der Waals surface area contributed by atoms with Crippen molar-refractivity contribution in [3.8, 4) is 0 Å². The van der Waals surface area contributed by atoms with E-state index in [0.29, 0.717) is 13.1 Å². The molecule has 0 radical (unpaired) electrons. The molecular weight excluding hydrogens is 276 g/mol. The van der Waals surface area contributed by atoms with Gasteiger partial charge in [-0.1, -0.05) is 22.3 Å². The van der Waals surface area contributed by atoms with Crippen molar-refractivity contribution < 1.29 is 16.8 Å². The van der Waals surface area contributed by atoms with Crippen LogP contribution in [0.2, 0.25) is 0 Å². The van der Waals surface area contributed by atoms with Gasteiger partial charge in [0.05, 0.1) is 4.90 Å². The normalized spacial score (nSPS) is 18.0. The van der Waals surface area contributed by atoms with Gasteiger partial charge in [-0.2, -0.15) is 12.7 Å². The maximum Gasteiger partial charge on any atom is 0.292 e. The van der Waals surface area contributed by atoms with Gasteiger partial charge in [0.2, 0.25) is 0 Å². The van der Waals surface area contributed by atoms with Crippen molar-refractivity contribution in [3.05, 3.63) is 30.3 Å². The van der Waals surface area contributed by atoms with Crippen molar-refractivity contribution in [2.45, 2.75) is 17.7 Å². The summed E-state index contributed by atoms with van der Waals surface area (Å²) in [6.07, 6.45) is 1.51. The highest BCUT2D eigenvalue weighted by molar-refractivity contribution is 8.03. The van der Waals surface area contributed by atoms with Crippen molar-refractivity contribution in [1.29, 1.82) is 0 Å². The van der Waals surface area contributed by atoms with Crippen LogP contribution >= 0.6 is 0 Å². The SMILES string of the molecule is O=S(=O)(NS(=O)(=O)N1CCCC1)c1ccccc1. The molecule has 100 valence electrons. The lowest BCUT2D eigenvalue weighted by Crippen LogP contribution is -2.41. The van der Waals surface area contributed by atoms with Crippen molar-refractivity contribution in [3.63, 3.8) is 0 Å². The van der Waals surface area contributed by atoms with Crippen LogP contribution in [-0.2, 0) is 20.2 Å². The molecule has 1 aromatic carbocycles. The molecule has 0 aliphatic carbocycles. The fourth-order valence-electron chi connectivity index (χ4n) is 1.77. The second-order valence-corrected chi connectivity index (χ2v) is 7.62. The topological polar surface area (TPSA) is 83.5 Å². The predicted molar refractivity (Wildman–Crippen MR) is 66.5 cm³/mol. The summed E-state index contributed by atoms with van der Waals surface area (Å²) >= 11 is 0. The molecule has 8 heteroatoms. The lowest BCUT2D eigenvalue weighted by atomic mass is 10.4. The molecule has 0 atom stereocenters. The highest BCUT2D eigenvalue weighted by Crippen LogP contribution is 2.14. The lowest BCUT2D eigenvalue weighted by molar-refractivity contribution is 0.473. The summed E-state index contributed by atoms with van der Waals surface area (Å²) in [4.78, 5) is -0.0622. The molecule has 1 aromatic rings. The molecule has 0 spiro atoms. The fourth-order valence-corrected chi connectivity index (χ4v) is 4.94.